The first-order valence-electron chi connectivity index (χ1n) is 5.09. The number of nitrogens with zero attached hydrogens (tertiary/aromatic N) is 1. The van der Waals surface area contributed by atoms with Crippen molar-refractivity contribution in [3.05, 3.63) is 16.8 Å². The SMILES string of the molecule is Cc1nc(NCCCO)c(C)c(C)c1O. The number of hydrogen-bond acceptors (Lipinski definition) is 4. The second-order valence-electron chi connectivity index (χ2n) is 3.65. The summed E-state index contributed by atoms with van der Waals surface area (Å²) in [6.45, 7) is 6.43. The van der Waals surface area contributed by atoms with Gasteiger partial charge in [0.2, 0.25) is 0 Å². The van der Waals surface area contributed by atoms with Crippen LogP contribution in [0.4, 0.5) is 5.82 Å². The van der Waals surface area contributed by atoms with Gasteiger partial charge in [0.15, 0.2) is 0 Å². The average molecular weight is 210 g/mol. The maximum Gasteiger partial charge on any atom is 0.140 e. The van der Waals surface area contributed by atoms with Crippen LogP contribution >= 0.6 is 0 Å². The number of hydrogen-bond donors (Lipinski definition) is 3. The zero-order valence-electron chi connectivity index (χ0n) is 9.46. The van der Waals surface area contributed by atoms with E-state index in [2.05, 4.69) is 10.3 Å². The Bertz CT molecular complexity index is 351. The molecule has 0 amide bonds. The summed E-state index contributed by atoms with van der Waals surface area (Å²) in [7, 11) is 0. The molecule has 1 rings (SSSR count). The molecule has 1 heterocycles. The summed E-state index contributed by atoms with van der Waals surface area (Å²) in [5.74, 6) is 1.05. The molecule has 1 aromatic heterocycles. The van der Waals surface area contributed by atoms with Crippen LogP contribution in [0.1, 0.15) is 23.2 Å². The first-order valence-corrected chi connectivity index (χ1v) is 5.09. The summed E-state index contributed by atoms with van der Waals surface area (Å²) in [6, 6.07) is 0. The largest absolute Gasteiger partial charge is 0.506 e. The highest BCUT2D eigenvalue weighted by Crippen LogP contribution is 2.27. The third kappa shape index (κ3) is 2.59. The van der Waals surface area contributed by atoms with Crippen LogP contribution in [0.25, 0.3) is 0 Å². The van der Waals surface area contributed by atoms with Gasteiger partial charge < -0.3 is 15.5 Å². The van der Waals surface area contributed by atoms with Crippen molar-refractivity contribution in [2.45, 2.75) is 27.2 Å². The van der Waals surface area contributed by atoms with Crippen LogP contribution < -0.4 is 5.32 Å². The Labute approximate surface area is 90.0 Å². The van der Waals surface area contributed by atoms with Gasteiger partial charge in [-0.3, -0.25) is 0 Å². The molecule has 0 aliphatic rings. The van der Waals surface area contributed by atoms with E-state index in [4.69, 9.17) is 5.11 Å². The van der Waals surface area contributed by atoms with Crippen LogP contribution in [0.3, 0.4) is 0 Å². The zero-order valence-corrected chi connectivity index (χ0v) is 9.46. The van der Waals surface area contributed by atoms with Crippen molar-refractivity contribution in [1.82, 2.24) is 4.98 Å². The summed E-state index contributed by atoms with van der Waals surface area (Å²) in [6.07, 6.45) is 0.695. The van der Waals surface area contributed by atoms with Gasteiger partial charge in [-0.05, 0) is 38.3 Å². The number of anilines is 1. The normalized spacial score (nSPS) is 10.4. The molecule has 0 unspecified atom stereocenters. The van der Waals surface area contributed by atoms with E-state index in [1.165, 1.54) is 0 Å². The van der Waals surface area contributed by atoms with Crippen molar-refractivity contribution >= 4 is 5.82 Å². The molecule has 0 aliphatic carbocycles. The van der Waals surface area contributed by atoms with Crippen molar-refractivity contribution in [2.75, 3.05) is 18.5 Å². The number of aliphatic hydroxyl groups is 1. The maximum atomic E-state index is 9.65. The minimum absolute atomic E-state index is 0.169. The van der Waals surface area contributed by atoms with Crippen LogP contribution in [-0.2, 0) is 0 Å². The third-order valence-corrected chi connectivity index (χ3v) is 2.52. The fraction of sp³-hybridized carbons (Fsp3) is 0.545. The zero-order chi connectivity index (χ0) is 11.4. The number of rotatable bonds is 4. The standard InChI is InChI=1S/C11H18N2O2/c1-7-8(2)11(12-5-4-6-14)13-9(3)10(7)15/h14-15H,4-6H2,1-3H3,(H,12,13). The predicted octanol–water partition coefficient (Wildman–Crippen LogP) is 1.51. The Hall–Kier alpha value is -1.29. The van der Waals surface area contributed by atoms with Crippen LogP contribution in [0.2, 0.25) is 0 Å². The average Bonchev–Trinajstić information content (AvgIpc) is 2.23. The van der Waals surface area contributed by atoms with Crippen molar-refractivity contribution in [2.24, 2.45) is 0 Å². The number of aromatic hydroxyl groups is 1. The summed E-state index contributed by atoms with van der Waals surface area (Å²) < 4.78 is 0. The second-order valence-corrected chi connectivity index (χ2v) is 3.65. The minimum atomic E-state index is 0.169. The van der Waals surface area contributed by atoms with Crippen molar-refractivity contribution in [3.8, 4) is 5.75 Å². The number of aliphatic hydroxyl groups excluding tert-OH is 1. The highest BCUT2D eigenvalue weighted by atomic mass is 16.3. The summed E-state index contributed by atoms with van der Waals surface area (Å²) in [4.78, 5) is 4.26. The Morgan fingerprint density at radius 3 is 2.47 bits per heavy atom. The Morgan fingerprint density at radius 1 is 1.20 bits per heavy atom. The van der Waals surface area contributed by atoms with Gasteiger partial charge in [0.1, 0.15) is 11.6 Å². The molecule has 0 radical (unpaired) electrons. The fourth-order valence-corrected chi connectivity index (χ4v) is 1.39. The highest BCUT2D eigenvalue weighted by Gasteiger charge is 2.09. The van der Waals surface area contributed by atoms with Crippen LogP contribution in [-0.4, -0.2) is 28.3 Å². The quantitative estimate of drug-likeness (QED) is 0.659. The van der Waals surface area contributed by atoms with Gasteiger partial charge in [0.05, 0.1) is 5.69 Å². The Balaban J connectivity index is 2.89. The molecule has 0 spiro atoms. The van der Waals surface area contributed by atoms with Gasteiger partial charge in [-0.25, -0.2) is 4.98 Å². The van der Waals surface area contributed by atoms with Crippen LogP contribution in [0.15, 0.2) is 0 Å². The Kier molecular flexibility index (Phi) is 3.91. The maximum absolute atomic E-state index is 9.65. The molecule has 0 fully saturated rings. The van der Waals surface area contributed by atoms with Gasteiger partial charge in [-0.1, -0.05) is 0 Å². The van der Waals surface area contributed by atoms with E-state index in [0.29, 0.717) is 18.7 Å². The molecule has 4 nitrogen and oxygen atoms in total. The number of aromatic nitrogens is 1. The van der Waals surface area contributed by atoms with Gasteiger partial charge in [0, 0.05) is 13.2 Å². The lowest BCUT2D eigenvalue weighted by Gasteiger charge is -2.13. The van der Waals surface area contributed by atoms with E-state index in [1.807, 2.05) is 13.8 Å². The lowest BCUT2D eigenvalue weighted by molar-refractivity contribution is 0.292. The predicted molar refractivity (Wildman–Crippen MR) is 60.3 cm³/mol. The molecular weight excluding hydrogens is 192 g/mol. The van der Waals surface area contributed by atoms with Gasteiger partial charge in [0.25, 0.3) is 0 Å². The number of nitrogens with one attached hydrogen (secondary N) is 1. The molecular formula is C11H18N2O2. The summed E-state index contributed by atoms with van der Waals surface area (Å²) in [5.41, 5.74) is 2.44. The first kappa shape index (κ1) is 11.8. The molecule has 84 valence electrons. The Morgan fingerprint density at radius 2 is 1.87 bits per heavy atom. The van der Waals surface area contributed by atoms with E-state index >= 15 is 0 Å². The summed E-state index contributed by atoms with van der Waals surface area (Å²) in [5, 5.41) is 21.5. The lowest BCUT2D eigenvalue weighted by Crippen LogP contribution is -2.08. The number of aryl methyl sites for hydroxylation is 1. The topological polar surface area (TPSA) is 65.4 Å². The van der Waals surface area contributed by atoms with Gasteiger partial charge in [-0.2, -0.15) is 0 Å². The molecule has 0 saturated heterocycles. The molecule has 0 bridgehead atoms. The molecule has 0 aromatic carbocycles. The third-order valence-electron chi connectivity index (χ3n) is 2.52. The monoisotopic (exact) mass is 210 g/mol. The molecule has 0 saturated carbocycles. The van der Waals surface area contributed by atoms with Crippen molar-refractivity contribution in [1.29, 1.82) is 0 Å². The first-order chi connectivity index (χ1) is 7.07. The van der Waals surface area contributed by atoms with E-state index in [0.717, 1.165) is 16.9 Å². The van der Waals surface area contributed by atoms with Crippen molar-refractivity contribution in [3.63, 3.8) is 0 Å². The van der Waals surface area contributed by atoms with E-state index < -0.39 is 0 Å². The van der Waals surface area contributed by atoms with Gasteiger partial charge in [-0.15, -0.1) is 0 Å². The molecule has 15 heavy (non-hydrogen) atoms. The second kappa shape index (κ2) is 4.98. The molecule has 1 aromatic rings. The highest BCUT2D eigenvalue weighted by molar-refractivity contribution is 5.54. The molecule has 4 heteroatoms. The molecule has 0 atom stereocenters. The lowest BCUT2D eigenvalue weighted by atomic mass is 10.1. The van der Waals surface area contributed by atoms with Crippen molar-refractivity contribution < 1.29 is 10.2 Å². The van der Waals surface area contributed by atoms with Crippen LogP contribution in [0, 0.1) is 20.8 Å². The summed E-state index contributed by atoms with van der Waals surface area (Å²) >= 11 is 0. The molecule has 0 aliphatic heterocycles. The van der Waals surface area contributed by atoms with E-state index in [-0.39, 0.29) is 12.4 Å². The van der Waals surface area contributed by atoms with E-state index in [1.54, 1.807) is 6.92 Å². The number of pyridine rings is 1. The van der Waals surface area contributed by atoms with Gasteiger partial charge >= 0.3 is 0 Å². The smallest absolute Gasteiger partial charge is 0.140 e. The van der Waals surface area contributed by atoms with Crippen LogP contribution in [0.5, 0.6) is 5.75 Å². The minimum Gasteiger partial charge on any atom is -0.506 e. The fourth-order valence-electron chi connectivity index (χ4n) is 1.39. The molecule has 3 N–H and O–H groups in total. The van der Waals surface area contributed by atoms with E-state index in [9.17, 15) is 5.11 Å².